The molecule has 1 atom stereocenters. The maximum Gasteiger partial charge on any atom is 0.237 e. The van der Waals surface area contributed by atoms with Gasteiger partial charge in [-0.05, 0) is 12.0 Å². The zero-order valence-electron chi connectivity index (χ0n) is 12.0. The van der Waals surface area contributed by atoms with Gasteiger partial charge in [-0.25, -0.2) is 4.98 Å². The van der Waals surface area contributed by atoms with E-state index in [-0.39, 0.29) is 6.10 Å². The summed E-state index contributed by atoms with van der Waals surface area (Å²) in [7, 11) is 0. The molecular formula is C16H20N4O. The zero-order chi connectivity index (χ0) is 14.5. The van der Waals surface area contributed by atoms with Crippen molar-refractivity contribution >= 4 is 0 Å². The van der Waals surface area contributed by atoms with E-state index in [0.29, 0.717) is 12.4 Å². The van der Waals surface area contributed by atoms with E-state index in [1.807, 2.05) is 6.07 Å². The minimum absolute atomic E-state index is 0.163. The summed E-state index contributed by atoms with van der Waals surface area (Å²) < 4.78 is 5.97. The molecule has 0 amide bonds. The van der Waals surface area contributed by atoms with E-state index >= 15 is 0 Å². The Bertz CT molecular complexity index is 575. The van der Waals surface area contributed by atoms with Crippen LogP contribution in [0.1, 0.15) is 17.7 Å². The van der Waals surface area contributed by atoms with E-state index in [9.17, 15) is 0 Å². The topological polar surface area (TPSA) is 64.3 Å². The Morgan fingerprint density at radius 1 is 1.19 bits per heavy atom. The summed E-state index contributed by atoms with van der Waals surface area (Å²) in [5, 5.41) is 0. The maximum absolute atomic E-state index is 5.97. The lowest BCUT2D eigenvalue weighted by molar-refractivity contribution is 0.188. The fraction of sp³-hybridized carbons (Fsp3) is 0.375. The summed E-state index contributed by atoms with van der Waals surface area (Å²) >= 11 is 0. The molecule has 0 aliphatic carbocycles. The molecule has 2 aromatic rings. The molecule has 1 fully saturated rings. The van der Waals surface area contributed by atoms with Crippen molar-refractivity contribution in [2.24, 2.45) is 5.73 Å². The van der Waals surface area contributed by atoms with E-state index in [2.05, 4.69) is 39.1 Å². The number of hydrogen-bond acceptors (Lipinski definition) is 5. The lowest BCUT2D eigenvalue weighted by atomic mass is 10.2. The molecule has 1 aromatic heterocycles. The van der Waals surface area contributed by atoms with Crippen LogP contribution in [-0.4, -0.2) is 34.1 Å². The van der Waals surface area contributed by atoms with Gasteiger partial charge in [-0.2, -0.15) is 0 Å². The van der Waals surface area contributed by atoms with E-state index in [1.165, 1.54) is 5.56 Å². The molecular weight excluding hydrogens is 264 g/mol. The summed E-state index contributed by atoms with van der Waals surface area (Å²) in [5.41, 5.74) is 7.72. The fourth-order valence-corrected chi connectivity index (χ4v) is 2.63. The van der Waals surface area contributed by atoms with Crippen LogP contribution in [0.2, 0.25) is 0 Å². The number of ether oxygens (including phenoxy) is 1. The quantitative estimate of drug-likeness (QED) is 0.903. The van der Waals surface area contributed by atoms with Crippen molar-refractivity contribution in [2.45, 2.75) is 25.6 Å². The molecule has 2 heterocycles. The number of hydrogen-bond donors (Lipinski definition) is 1. The fourth-order valence-electron chi connectivity index (χ4n) is 2.63. The molecule has 110 valence electrons. The molecule has 21 heavy (non-hydrogen) atoms. The van der Waals surface area contributed by atoms with Crippen molar-refractivity contribution in [3.63, 3.8) is 0 Å². The van der Waals surface area contributed by atoms with Gasteiger partial charge in [0.2, 0.25) is 5.88 Å². The average Bonchev–Trinajstić information content (AvgIpc) is 2.96. The van der Waals surface area contributed by atoms with Crippen LogP contribution in [0.5, 0.6) is 5.88 Å². The van der Waals surface area contributed by atoms with Crippen LogP contribution in [0.15, 0.2) is 42.7 Å². The van der Waals surface area contributed by atoms with Crippen molar-refractivity contribution in [3.05, 3.63) is 54.0 Å². The first kappa shape index (κ1) is 14.0. The molecule has 5 heteroatoms. The van der Waals surface area contributed by atoms with Crippen LogP contribution in [0.4, 0.5) is 0 Å². The first-order valence-electron chi connectivity index (χ1n) is 7.28. The molecule has 1 saturated heterocycles. The second kappa shape index (κ2) is 6.65. The van der Waals surface area contributed by atoms with Gasteiger partial charge < -0.3 is 10.5 Å². The van der Waals surface area contributed by atoms with Gasteiger partial charge in [-0.15, -0.1) is 0 Å². The first-order chi connectivity index (χ1) is 10.3. The highest BCUT2D eigenvalue weighted by molar-refractivity contribution is 5.18. The molecule has 1 aliphatic rings. The van der Waals surface area contributed by atoms with Crippen LogP contribution < -0.4 is 10.5 Å². The molecule has 2 N–H and O–H groups in total. The highest BCUT2D eigenvalue weighted by atomic mass is 16.5. The number of likely N-dealkylation sites (tertiary alicyclic amines) is 1. The molecule has 1 aromatic carbocycles. The summed E-state index contributed by atoms with van der Waals surface area (Å²) in [6.07, 6.45) is 4.46. The third-order valence-corrected chi connectivity index (χ3v) is 3.69. The van der Waals surface area contributed by atoms with Crippen LogP contribution in [0, 0.1) is 0 Å². The minimum atomic E-state index is 0.163. The van der Waals surface area contributed by atoms with E-state index < -0.39 is 0 Å². The summed E-state index contributed by atoms with van der Waals surface area (Å²) in [6, 6.07) is 10.5. The van der Waals surface area contributed by atoms with Gasteiger partial charge in [-0.3, -0.25) is 9.88 Å². The predicted octanol–water partition coefficient (Wildman–Crippen LogP) is 1.59. The molecule has 1 aliphatic heterocycles. The summed E-state index contributed by atoms with van der Waals surface area (Å²) in [4.78, 5) is 10.8. The SMILES string of the molecule is NCc1nccnc1OC1CCN(Cc2ccccc2)C1. The Kier molecular flexibility index (Phi) is 4.43. The molecule has 0 saturated carbocycles. The van der Waals surface area contributed by atoms with Gasteiger partial charge in [0.25, 0.3) is 0 Å². The standard InChI is InChI=1S/C16H20N4O/c17-10-15-16(19-8-7-18-15)21-14-6-9-20(12-14)11-13-4-2-1-3-5-13/h1-5,7-8,14H,6,9-12,17H2. The van der Waals surface area contributed by atoms with Crippen molar-refractivity contribution < 1.29 is 4.74 Å². The van der Waals surface area contributed by atoms with Gasteiger partial charge in [-0.1, -0.05) is 30.3 Å². The largest absolute Gasteiger partial charge is 0.472 e. The Hall–Kier alpha value is -1.98. The van der Waals surface area contributed by atoms with E-state index in [1.54, 1.807) is 12.4 Å². The average molecular weight is 284 g/mol. The minimum Gasteiger partial charge on any atom is -0.472 e. The van der Waals surface area contributed by atoms with Gasteiger partial charge in [0.15, 0.2) is 0 Å². The molecule has 5 nitrogen and oxygen atoms in total. The Balaban J connectivity index is 1.57. The third-order valence-electron chi connectivity index (χ3n) is 3.69. The molecule has 1 unspecified atom stereocenters. The van der Waals surface area contributed by atoms with Crippen molar-refractivity contribution in [1.82, 2.24) is 14.9 Å². The molecule has 0 spiro atoms. The number of rotatable bonds is 5. The summed E-state index contributed by atoms with van der Waals surface area (Å²) in [5.74, 6) is 0.576. The van der Waals surface area contributed by atoms with Gasteiger partial charge >= 0.3 is 0 Å². The smallest absolute Gasteiger partial charge is 0.237 e. The number of benzene rings is 1. The number of nitrogens with two attached hydrogens (primary N) is 1. The second-order valence-electron chi connectivity index (χ2n) is 5.26. The predicted molar refractivity (Wildman–Crippen MR) is 80.7 cm³/mol. The first-order valence-corrected chi connectivity index (χ1v) is 7.28. The van der Waals surface area contributed by atoms with Crippen molar-refractivity contribution in [2.75, 3.05) is 13.1 Å². The van der Waals surface area contributed by atoms with Crippen LogP contribution >= 0.6 is 0 Å². The third kappa shape index (κ3) is 3.56. The Morgan fingerprint density at radius 3 is 2.81 bits per heavy atom. The highest BCUT2D eigenvalue weighted by Crippen LogP contribution is 2.20. The molecule has 0 radical (unpaired) electrons. The number of aromatic nitrogens is 2. The van der Waals surface area contributed by atoms with Crippen molar-refractivity contribution in [1.29, 1.82) is 0 Å². The van der Waals surface area contributed by atoms with Crippen molar-refractivity contribution in [3.8, 4) is 5.88 Å². The summed E-state index contributed by atoms with van der Waals surface area (Å²) in [6.45, 7) is 3.27. The van der Waals surface area contributed by atoms with Crippen LogP contribution in [0.3, 0.4) is 0 Å². The second-order valence-corrected chi connectivity index (χ2v) is 5.26. The van der Waals surface area contributed by atoms with Gasteiger partial charge in [0.05, 0.1) is 0 Å². The Labute approximate surface area is 124 Å². The normalized spacial score (nSPS) is 18.8. The lowest BCUT2D eigenvalue weighted by Crippen LogP contribution is -2.25. The van der Waals surface area contributed by atoms with E-state index in [4.69, 9.17) is 10.5 Å². The van der Waals surface area contributed by atoms with E-state index in [0.717, 1.165) is 31.7 Å². The number of nitrogens with zero attached hydrogens (tertiary/aromatic N) is 3. The maximum atomic E-state index is 5.97. The lowest BCUT2D eigenvalue weighted by Gasteiger charge is -2.17. The Morgan fingerprint density at radius 2 is 2.00 bits per heavy atom. The molecule has 0 bridgehead atoms. The highest BCUT2D eigenvalue weighted by Gasteiger charge is 2.25. The monoisotopic (exact) mass is 284 g/mol. The van der Waals surface area contributed by atoms with Gasteiger partial charge in [0, 0.05) is 38.6 Å². The van der Waals surface area contributed by atoms with Crippen LogP contribution in [-0.2, 0) is 13.1 Å². The zero-order valence-corrected chi connectivity index (χ0v) is 12.0. The van der Waals surface area contributed by atoms with Gasteiger partial charge in [0.1, 0.15) is 11.8 Å². The molecule has 3 rings (SSSR count). The van der Waals surface area contributed by atoms with Crippen LogP contribution in [0.25, 0.3) is 0 Å².